The van der Waals surface area contributed by atoms with Gasteiger partial charge in [0, 0.05) is 27.3 Å². The summed E-state index contributed by atoms with van der Waals surface area (Å²) in [6, 6.07) is 1.66. The maximum Gasteiger partial charge on any atom is 0.0804 e. The number of halogens is 2. The maximum atomic E-state index is 5.68. The van der Waals surface area contributed by atoms with Gasteiger partial charge in [0.1, 0.15) is 0 Å². The van der Waals surface area contributed by atoms with Gasteiger partial charge in [0.2, 0.25) is 0 Å². The molecule has 1 aromatic rings. The second kappa shape index (κ2) is 5.96. The predicted octanol–water partition coefficient (Wildman–Crippen LogP) is 2.86. The molecule has 3 N–H and O–H groups in total. The van der Waals surface area contributed by atoms with Gasteiger partial charge in [-0.25, -0.2) is 0 Å². The first kappa shape index (κ1) is 13.9. The molecule has 1 rings (SSSR count). The van der Waals surface area contributed by atoms with E-state index in [1.54, 1.807) is 12.3 Å². The van der Waals surface area contributed by atoms with Gasteiger partial charge in [0.15, 0.2) is 0 Å². The molecule has 0 aliphatic rings. The van der Waals surface area contributed by atoms with E-state index in [-0.39, 0.29) is 27.2 Å². The summed E-state index contributed by atoms with van der Waals surface area (Å²) in [5.41, 5.74) is 0.768. The van der Waals surface area contributed by atoms with E-state index in [0.29, 0.717) is 10.0 Å². The molecule has 0 fully saturated rings. The topological polar surface area (TPSA) is 47.9 Å². The minimum absolute atomic E-state index is 0. The molecule has 0 unspecified atom stereocenters. The number of pyridine rings is 1. The largest absolute Gasteiger partial charge is 0.344 e. The molecule has 0 spiro atoms. The minimum Gasteiger partial charge on any atom is -0.344 e. The van der Waals surface area contributed by atoms with Gasteiger partial charge < -0.3 is 6.15 Å². The Balaban J connectivity index is 0. The van der Waals surface area contributed by atoms with E-state index in [4.69, 9.17) is 23.2 Å². The monoisotopic (exact) mass is 373 g/mol. The first-order valence-electron chi connectivity index (χ1n) is 2.48. The number of aryl methyl sites for hydroxylation is 1. The normalized spacial score (nSPS) is 7.91. The summed E-state index contributed by atoms with van der Waals surface area (Å²) in [5.74, 6) is 0. The summed E-state index contributed by atoms with van der Waals surface area (Å²) in [4.78, 5) is 3.92. The summed E-state index contributed by atoms with van der Waals surface area (Å²) >= 11 is 11.3. The Kier molecular flexibility index (Phi) is 7.55. The first-order valence-corrected chi connectivity index (χ1v) is 3.24. The Hall–Kier alpha value is 0.378. The standard InChI is InChI=1S/C6H5Cl2N.H3N.Pt/c1-4-6(8)5(7)2-3-9-4;;/h2-3H,1H3;1H3;. The van der Waals surface area contributed by atoms with Crippen LogP contribution >= 0.6 is 23.2 Å². The number of nitrogens with zero attached hydrogens (tertiary/aromatic N) is 1. The van der Waals surface area contributed by atoms with Gasteiger partial charge in [-0.05, 0) is 13.0 Å². The van der Waals surface area contributed by atoms with Crippen molar-refractivity contribution in [1.29, 1.82) is 0 Å². The van der Waals surface area contributed by atoms with Crippen LogP contribution in [0.4, 0.5) is 0 Å². The summed E-state index contributed by atoms with van der Waals surface area (Å²) < 4.78 is 0. The van der Waals surface area contributed by atoms with Crippen LogP contribution in [0.25, 0.3) is 0 Å². The van der Waals surface area contributed by atoms with E-state index in [9.17, 15) is 0 Å². The second-order valence-electron chi connectivity index (χ2n) is 1.69. The third kappa shape index (κ3) is 3.52. The van der Waals surface area contributed by atoms with Crippen molar-refractivity contribution < 1.29 is 21.1 Å². The van der Waals surface area contributed by atoms with Crippen LogP contribution in [-0.4, -0.2) is 4.98 Å². The fraction of sp³-hybridized carbons (Fsp3) is 0.167. The zero-order chi connectivity index (χ0) is 6.85. The van der Waals surface area contributed by atoms with Gasteiger partial charge in [-0.2, -0.15) is 0 Å². The third-order valence-corrected chi connectivity index (χ3v) is 1.91. The smallest absolute Gasteiger partial charge is 0.0804 e. The SMILES string of the molecule is Cc1nccc(Cl)c1Cl.N.[Pt]. The average Bonchev–Trinajstić information content (AvgIpc) is 1.83. The van der Waals surface area contributed by atoms with Gasteiger partial charge in [-0.1, -0.05) is 23.2 Å². The van der Waals surface area contributed by atoms with Gasteiger partial charge in [-0.3, -0.25) is 4.98 Å². The van der Waals surface area contributed by atoms with Crippen LogP contribution in [0, 0.1) is 6.92 Å². The molecular weight excluding hydrogens is 366 g/mol. The van der Waals surface area contributed by atoms with Crippen molar-refractivity contribution in [3.05, 3.63) is 28.0 Å². The van der Waals surface area contributed by atoms with Crippen molar-refractivity contribution in [2.24, 2.45) is 0 Å². The number of hydrogen-bond donors (Lipinski definition) is 1. The number of hydrogen-bond acceptors (Lipinski definition) is 2. The van der Waals surface area contributed by atoms with E-state index < -0.39 is 0 Å². The van der Waals surface area contributed by atoms with Crippen molar-refractivity contribution >= 4 is 23.2 Å². The van der Waals surface area contributed by atoms with Crippen molar-refractivity contribution in [1.82, 2.24) is 11.1 Å². The average molecular weight is 374 g/mol. The van der Waals surface area contributed by atoms with Crippen LogP contribution in [0.5, 0.6) is 0 Å². The van der Waals surface area contributed by atoms with Gasteiger partial charge in [0.25, 0.3) is 0 Å². The Morgan fingerprint density at radius 3 is 2.27 bits per heavy atom. The van der Waals surface area contributed by atoms with E-state index in [0.717, 1.165) is 5.69 Å². The van der Waals surface area contributed by atoms with Gasteiger partial charge in [-0.15, -0.1) is 0 Å². The Bertz CT molecular complexity index is 210. The van der Waals surface area contributed by atoms with Crippen molar-refractivity contribution in [3.8, 4) is 0 Å². The summed E-state index contributed by atoms with van der Waals surface area (Å²) in [6.07, 6.45) is 1.63. The molecule has 11 heavy (non-hydrogen) atoms. The molecule has 0 radical (unpaired) electrons. The van der Waals surface area contributed by atoms with Gasteiger partial charge >= 0.3 is 0 Å². The zero-order valence-electron chi connectivity index (χ0n) is 5.88. The van der Waals surface area contributed by atoms with Crippen LogP contribution in [0.1, 0.15) is 5.69 Å². The van der Waals surface area contributed by atoms with Crippen LogP contribution in [0.2, 0.25) is 10.0 Å². The van der Waals surface area contributed by atoms with Crippen LogP contribution < -0.4 is 6.15 Å². The van der Waals surface area contributed by atoms with E-state index in [1.165, 1.54) is 0 Å². The molecular formula is C6H8Cl2N2Pt. The summed E-state index contributed by atoms with van der Waals surface area (Å²) in [6.45, 7) is 1.81. The Morgan fingerprint density at radius 1 is 1.36 bits per heavy atom. The van der Waals surface area contributed by atoms with Crippen LogP contribution in [0.15, 0.2) is 12.3 Å². The number of aromatic nitrogens is 1. The molecule has 0 aliphatic carbocycles. The summed E-state index contributed by atoms with van der Waals surface area (Å²) in [7, 11) is 0. The minimum atomic E-state index is 0. The molecule has 0 amide bonds. The van der Waals surface area contributed by atoms with Crippen molar-refractivity contribution in [2.45, 2.75) is 6.92 Å². The van der Waals surface area contributed by atoms with E-state index in [2.05, 4.69) is 4.98 Å². The quantitative estimate of drug-likeness (QED) is 0.760. The molecule has 2 nitrogen and oxygen atoms in total. The number of rotatable bonds is 0. The van der Waals surface area contributed by atoms with Gasteiger partial charge in [0.05, 0.1) is 15.7 Å². The van der Waals surface area contributed by atoms with Crippen molar-refractivity contribution in [3.63, 3.8) is 0 Å². The first-order chi connectivity index (χ1) is 4.22. The summed E-state index contributed by atoms with van der Waals surface area (Å²) in [5, 5.41) is 1.10. The molecule has 0 aromatic carbocycles. The third-order valence-electron chi connectivity index (χ3n) is 1.02. The molecule has 0 saturated carbocycles. The van der Waals surface area contributed by atoms with E-state index in [1.807, 2.05) is 6.92 Å². The maximum absolute atomic E-state index is 5.68. The molecule has 5 heteroatoms. The van der Waals surface area contributed by atoms with E-state index >= 15 is 0 Å². The predicted molar refractivity (Wildman–Crippen MR) is 44.0 cm³/mol. The molecule has 0 aliphatic heterocycles. The molecule has 0 atom stereocenters. The molecule has 1 heterocycles. The van der Waals surface area contributed by atoms with Crippen LogP contribution in [0.3, 0.4) is 0 Å². The molecule has 66 valence electrons. The molecule has 0 bridgehead atoms. The van der Waals surface area contributed by atoms with Crippen molar-refractivity contribution in [2.75, 3.05) is 0 Å². The Morgan fingerprint density at radius 2 is 1.91 bits per heavy atom. The Labute approximate surface area is 90.1 Å². The fourth-order valence-corrected chi connectivity index (χ4v) is 0.822. The zero-order valence-corrected chi connectivity index (χ0v) is 9.67. The molecule has 1 aromatic heterocycles. The van der Waals surface area contributed by atoms with Crippen LogP contribution in [-0.2, 0) is 21.1 Å². The molecule has 0 saturated heterocycles. The second-order valence-corrected chi connectivity index (χ2v) is 2.48. The fourth-order valence-electron chi connectivity index (χ4n) is 0.517.